The number of aliphatic hydroxyl groups excluding tert-OH is 1. The lowest BCUT2D eigenvalue weighted by Crippen LogP contribution is -2.44. The number of rotatable bonds is 1. The number of hydrogen-bond donors (Lipinski definition) is 2. The van der Waals surface area contributed by atoms with E-state index in [0.717, 1.165) is 0 Å². The van der Waals surface area contributed by atoms with E-state index >= 15 is 0 Å². The average molecular weight is 306 g/mol. The number of urea groups is 1. The first-order valence-electron chi connectivity index (χ1n) is 6.38. The number of aliphatic hydroxyl groups is 1. The Balaban J connectivity index is 2.13. The van der Waals surface area contributed by atoms with Gasteiger partial charge in [-0.15, -0.1) is 0 Å². The Bertz CT molecular complexity index is 533. The zero-order valence-corrected chi connectivity index (χ0v) is 11.0. The van der Waals surface area contributed by atoms with Crippen molar-refractivity contribution < 1.29 is 27.5 Å². The van der Waals surface area contributed by atoms with Gasteiger partial charge in [0.2, 0.25) is 0 Å². The van der Waals surface area contributed by atoms with E-state index in [9.17, 15) is 27.5 Å². The Hall–Kier alpha value is -1.83. The number of carbonyl (C=O) groups is 1. The van der Waals surface area contributed by atoms with Crippen LogP contribution in [0.4, 0.5) is 28.0 Å². The zero-order chi connectivity index (χ0) is 15.6. The van der Waals surface area contributed by atoms with E-state index in [2.05, 4.69) is 5.32 Å². The maximum atomic E-state index is 13.5. The molecule has 4 nitrogen and oxygen atoms in total. The van der Waals surface area contributed by atoms with Gasteiger partial charge in [-0.1, -0.05) is 0 Å². The van der Waals surface area contributed by atoms with Crippen molar-refractivity contribution in [1.82, 2.24) is 4.90 Å². The minimum absolute atomic E-state index is 0.0758. The summed E-state index contributed by atoms with van der Waals surface area (Å²) < 4.78 is 51.2. The Morgan fingerprint density at radius 1 is 1.38 bits per heavy atom. The first-order chi connectivity index (χ1) is 9.77. The highest BCUT2D eigenvalue weighted by Crippen LogP contribution is 2.31. The quantitative estimate of drug-likeness (QED) is 0.784. The summed E-state index contributed by atoms with van der Waals surface area (Å²) in [7, 11) is 0. The molecule has 1 unspecified atom stereocenters. The van der Waals surface area contributed by atoms with E-state index < -0.39 is 35.4 Å². The first kappa shape index (κ1) is 15.6. The van der Waals surface area contributed by atoms with Gasteiger partial charge in [-0.05, 0) is 31.0 Å². The molecule has 2 amide bonds. The number of likely N-dealkylation sites (tertiary alicyclic amines) is 1. The van der Waals surface area contributed by atoms with Gasteiger partial charge in [-0.3, -0.25) is 0 Å². The van der Waals surface area contributed by atoms with Crippen LogP contribution in [-0.4, -0.2) is 35.2 Å². The molecule has 1 saturated heterocycles. The number of β-amino-alcohol motifs (C(OH)–C–C–N with tert-alkyl or cyclic N) is 1. The third-order valence-electron chi connectivity index (χ3n) is 3.22. The molecule has 0 saturated carbocycles. The van der Waals surface area contributed by atoms with Gasteiger partial charge >= 0.3 is 12.2 Å². The van der Waals surface area contributed by atoms with Crippen LogP contribution in [0.2, 0.25) is 0 Å². The topological polar surface area (TPSA) is 52.6 Å². The summed E-state index contributed by atoms with van der Waals surface area (Å²) in [6.07, 6.45) is -4.15. The highest BCUT2D eigenvalue weighted by molar-refractivity contribution is 5.89. The van der Waals surface area contributed by atoms with Crippen LogP contribution < -0.4 is 5.32 Å². The highest BCUT2D eigenvalue weighted by Gasteiger charge is 2.31. The van der Waals surface area contributed by atoms with Crippen LogP contribution in [0.1, 0.15) is 18.4 Å². The largest absolute Gasteiger partial charge is 0.416 e. The molecule has 1 aromatic rings. The highest BCUT2D eigenvalue weighted by atomic mass is 19.4. The molecule has 8 heteroatoms. The number of halogens is 4. The minimum Gasteiger partial charge on any atom is -0.391 e. The van der Waals surface area contributed by atoms with E-state index in [1.165, 1.54) is 4.90 Å². The van der Waals surface area contributed by atoms with Crippen molar-refractivity contribution in [2.24, 2.45) is 0 Å². The second-order valence-corrected chi connectivity index (χ2v) is 4.86. The smallest absolute Gasteiger partial charge is 0.391 e. The number of carbonyl (C=O) groups excluding carboxylic acids is 1. The molecule has 0 aliphatic carbocycles. The van der Waals surface area contributed by atoms with Crippen molar-refractivity contribution in [3.8, 4) is 0 Å². The summed E-state index contributed by atoms with van der Waals surface area (Å²) in [6.45, 7) is 0.440. The van der Waals surface area contributed by atoms with Gasteiger partial charge < -0.3 is 15.3 Å². The molecule has 1 fully saturated rings. The normalized spacial score (nSPS) is 19.5. The molecule has 2 rings (SSSR count). The van der Waals surface area contributed by atoms with Crippen LogP contribution in [0.5, 0.6) is 0 Å². The maximum absolute atomic E-state index is 13.5. The van der Waals surface area contributed by atoms with E-state index in [4.69, 9.17) is 0 Å². The summed E-state index contributed by atoms with van der Waals surface area (Å²) in [6, 6.07) is 1.08. The average Bonchev–Trinajstić information content (AvgIpc) is 2.40. The standard InChI is InChI=1S/C13H14F4N2O2/c14-10-4-3-8(13(15,16)17)6-11(10)18-12(21)19-5-1-2-9(20)7-19/h3-4,6,9,20H,1-2,5,7H2,(H,18,21). The zero-order valence-electron chi connectivity index (χ0n) is 11.0. The van der Waals surface area contributed by atoms with Gasteiger partial charge in [0.1, 0.15) is 5.82 Å². The van der Waals surface area contributed by atoms with Gasteiger partial charge in [-0.25, -0.2) is 9.18 Å². The lowest BCUT2D eigenvalue weighted by Gasteiger charge is -2.30. The van der Waals surface area contributed by atoms with Crippen molar-refractivity contribution in [3.05, 3.63) is 29.6 Å². The number of nitrogens with one attached hydrogen (secondary N) is 1. The number of piperidine rings is 1. The molecule has 1 atom stereocenters. The summed E-state index contributed by atoms with van der Waals surface area (Å²) in [5, 5.41) is 11.6. The summed E-state index contributed by atoms with van der Waals surface area (Å²) in [5.74, 6) is -0.950. The predicted molar refractivity (Wildman–Crippen MR) is 67.2 cm³/mol. The van der Waals surface area contributed by atoms with E-state index in [1.54, 1.807) is 0 Å². The maximum Gasteiger partial charge on any atom is 0.416 e. The Kier molecular flexibility index (Phi) is 4.36. The van der Waals surface area contributed by atoms with Crippen LogP contribution in [-0.2, 0) is 6.18 Å². The molecule has 0 aromatic heterocycles. The molecular formula is C13H14F4N2O2. The van der Waals surface area contributed by atoms with Gasteiger partial charge in [0.25, 0.3) is 0 Å². The Morgan fingerprint density at radius 3 is 2.71 bits per heavy atom. The molecule has 0 bridgehead atoms. The molecular weight excluding hydrogens is 292 g/mol. The fraction of sp³-hybridized carbons (Fsp3) is 0.462. The fourth-order valence-corrected chi connectivity index (χ4v) is 2.13. The number of alkyl halides is 3. The summed E-state index contributed by atoms with van der Waals surface area (Å²) >= 11 is 0. The first-order valence-corrected chi connectivity index (χ1v) is 6.38. The van der Waals surface area contributed by atoms with Crippen molar-refractivity contribution in [2.45, 2.75) is 25.1 Å². The number of nitrogens with zero attached hydrogens (tertiary/aromatic N) is 1. The predicted octanol–water partition coefficient (Wildman–Crippen LogP) is 2.83. The second kappa shape index (κ2) is 5.88. The van der Waals surface area contributed by atoms with Gasteiger partial charge in [0.05, 0.1) is 17.4 Å². The molecule has 0 spiro atoms. The van der Waals surface area contributed by atoms with Crippen LogP contribution >= 0.6 is 0 Å². The van der Waals surface area contributed by atoms with E-state index in [-0.39, 0.29) is 6.54 Å². The molecule has 21 heavy (non-hydrogen) atoms. The van der Waals surface area contributed by atoms with Gasteiger partial charge in [0, 0.05) is 13.1 Å². The van der Waals surface area contributed by atoms with Gasteiger partial charge in [0.15, 0.2) is 0 Å². The number of hydrogen-bond acceptors (Lipinski definition) is 2. The molecule has 2 N–H and O–H groups in total. The molecule has 1 heterocycles. The molecule has 1 aliphatic rings. The Morgan fingerprint density at radius 2 is 2.10 bits per heavy atom. The third kappa shape index (κ3) is 3.84. The van der Waals surface area contributed by atoms with Crippen molar-refractivity contribution in [1.29, 1.82) is 0 Å². The van der Waals surface area contributed by atoms with E-state index in [1.807, 2.05) is 0 Å². The number of benzene rings is 1. The SMILES string of the molecule is O=C(Nc1cc(C(F)(F)F)ccc1F)N1CCCC(O)C1. The third-order valence-corrected chi connectivity index (χ3v) is 3.22. The monoisotopic (exact) mass is 306 g/mol. The van der Waals surface area contributed by atoms with Crippen molar-refractivity contribution >= 4 is 11.7 Å². The lowest BCUT2D eigenvalue weighted by molar-refractivity contribution is -0.137. The summed E-state index contributed by atoms with van der Waals surface area (Å²) in [5.41, 5.74) is -1.58. The number of amides is 2. The Labute approximate surface area is 118 Å². The minimum atomic E-state index is -4.62. The van der Waals surface area contributed by atoms with Crippen LogP contribution in [0.15, 0.2) is 18.2 Å². The van der Waals surface area contributed by atoms with Crippen LogP contribution in [0.3, 0.4) is 0 Å². The van der Waals surface area contributed by atoms with Crippen LogP contribution in [0, 0.1) is 5.82 Å². The van der Waals surface area contributed by atoms with Gasteiger partial charge in [-0.2, -0.15) is 13.2 Å². The molecule has 0 radical (unpaired) electrons. The molecule has 1 aliphatic heterocycles. The number of anilines is 1. The fourth-order valence-electron chi connectivity index (χ4n) is 2.13. The molecule has 1 aromatic carbocycles. The van der Waals surface area contributed by atoms with Crippen molar-refractivity contribution in [3.63, 3.8) is 0 Å². The lowest BCUT2D eigenvalue weighted by atomic mass is 10.1. The van der Waals surface area contributed by atoms with E-state index in [0.29, 0.717) is 37.6 Å². The molecule has 116 valence electrons. The van der Waals surface area contributed by atoms with Crippen LogP contribution in [0.25, 0.3) is 0 Å². The second-order valence-electron chi connectivity index (χ2n) is 4.86. The summed E-state index contributed by atoms with van der Waals surface area (Å²) in [4.78, 5) is 13.1. The van der Waals surface area contributed by atoms with Crippen molar-refractivity contribution in [2.75, 3.05) is 18.4 Å².